The highest BCUT2D eigenvalue weighted by Gasteiger charge is 2.13. The number of aromatic nitrogens is 4. The van der Waals surface area contributed by atoms with Gasteiger partial charge < -0.3 is 5.32 Å². The summed E-state index contributed by atoms with van der Waals surface area (Å²) in [7, 11) is 0. The van der Waals surface area contributed by atoms with Gasteiger partial charge in [-0.3, -0.25) is 4.79 Å². The molecule has 2 aromatic heterocycles. The summed E-state index contributed by atoms with van der Waals surface area (Å²) in [5.74, 6) is -0.329. The molecule has 1 amide bonds. The van der Waals surface area contributed by atoms with Gasteiger partial charge in [0, 0.05) is 15.5 Å². The van der Waals surface area contributed by atoms with Crippen LogP contribution in [0.5, 0.6) is 0 Å². The van der Waals surface area contributed by atoms with Gasteiger partial charge in [0.05, 0.1) is 5.52 Å². The third-order valence-corrected chi connectivity index (χ3v) is 4.28. The van der Waals surface area contributed by atoms with Crippen molar-refractivity contribution >= 4 is 44.1 Å². The van der Waals surface area contributed by atoms with E-state index >= 15 is 0 Å². The molecule has 0 atom stereocenters. The van der Waals surface area contributed by atoms with Gasteiger partial charge in [-0.1, -0.05) is 28.1 Å². The number of carbonyl (C=O) groups is 1. The molecule has 25 heavy (non-hydrogen) atoms. The molecule has 124 valence electrons. The van der Waals surface area contributed by atoms with Crippen molar-refractivity contribution in [3.8, 4) is 0 Å². The molecule has 0 unspecified atom stereocenters. The Labute approximate surface area is 150 Å². The summed E-state index contributed by atoms with van der Waals surface area (Å²) < 4.78 is 3.40. The van der Waals surface area contributed by atoms with E-state index in [1.165, 1.54) is 10.7 Å². The van der Waals surface area contributed by atoms with Crippen LogP contribution in [0.3, 0.4) is 0 Å². The lowest BCUT2D eigenvalue weighted by Crippen LogP contribution is -2.28. The molecular weight excluding hydrogens is 386 g/mol. The Kier molecular flexibility index (Phi) is 3.81. The van der Waals surface area contributed by atoms with Crippen molar-refractivity contribution in [2.24, 2.45) is 0 Å². The zero-order valence-electron chi connectivity index (χ0n) is 12.9. The molecule has 0 aliphatic rings. The SMILES string of the molecule is O=C(Cn1nc2c3ccccc3ncn2c1=O)Nc1ccc(Br)cc1. The van der Waals surface area contributed by atoms with Crippen LogP contribution in [0.2, 0.25) is 0 Å². The van der Waals surface area contributed by atoms with Gasteiger partial charge in [-0.05, 0) is 36.4 Å². The number of fused-ring (bicyclic) bond motifs is 3. The summed E-state index contributed by atoms with van der Waals surface area (Å²) in [6.45, 7) is -0.176. The average molecular weight is 398 g/mol. The van der Waals surface area contributed by atoms with Crippen LogP contribution in [0.1, 0.15) is 0 Å². The Balaban J connectivity index is 1.66. The molecule has 0 radical (unpaired) electrons. The highest BCUT2D eigenvalue weighted by molar-refractivity contribution is 9.10. The quantitative estimate of drug-likeness (QED) is 0.575. The Morgan fingerprint density at radius 1 is 1.12 bits per heavy atom. The fourth-order valence-electron chi connectivity index (χ4n) is 2.58. The van der Waals surface area contributed by atoms with Crippen LogP contribution in [0, 0.1) is 0 Å². The third kappa shape index (κ3) is 2.91. The fourth-order valence-corrected chi connectivity index (χ4v) is 2.84. The normalized spacial score (nSPS) is 11.1. The maximum atomic E-state index is 12.4. The van der Waals surface area contributed by atoms with Crippen LogP contribution in [0.15, 0.2) is 64.1 Å². The summed E-state index contributed by atoms with van der Waals surface area (Å²) >= 11 is 3.34. The average Bonchev–Trinajstić information content (AvgIpc) is 2.93. The minimum atomic E-state index is -0.404. The molecule has 0 bridgehead atoms. The second-order valence-electron chi connectivity index (χ2n) is 5.45. The van der Waals surface area contributed by atoms with Crippen LogP contribution in [-0.2, 0) is 11.3 Å². The summed E-state index contributed by atoms with van der Waals surface area (Å²) in [4.78, 5) is 28.9. The Hall–Kier alpha value is -3.00. The Bertz CT molecular complexity index is 1150. The van der Waals surface area contributed by atoms with Crippen LogP contribution < -0.4 is 11.0 Å². The summed E-state index contributed by atoms with van der Waals surface area (Å²) in [6.07, 6.45) is 1.43. The molecule has 1 N–H and O–H groups in total. The van der Waals surface area contributed by atoms with Crippen LogP contribution in [0.25, 0.3) is 16.6 Å². The van der Waals surface area contributed by atoms with Gasteiger partial charge in [0.15, 0.2) is 5.65 Å². The lowest BCUT2D eigenvalue weighted by Gasteiger charge is -2.04. The summed E-state index contributed by atoms with van der Waals surface area (Å²) in [5, 5.41) is 7.80. The lowest BCUT2D eigenvalue weighted by atomic mass is 10.2. The molecule has 7 nitrogen and oxygen atoms in total. The Morgan fingerprint density at radius 2 is 1.88 bits per heavy atom. The van der Waals surface area contributed by atoms with Crippen molar-refractivity contribution in [1.82, 2.24) is 19.2 Å². The number of halogens is 1. The number of rotatable bonds is 3. The second kappa shape index (κ2) is 6.14. The fraction of sp³-hybridized carbons (Fsp3) is 0.0588. The number of amides is 1. The van der Waals surface area contributed by atoms with E-state index in [0.29, 0.717) is 11.3 Å². The van der Waals surface area contributed by atoms with E-state index in [9.17, 15) is 9.59 Å². The zero-order chi connectivity index (χ0) is 17.4. The number of hydrogen-bond donors (Lipinski definition) is 1. The molecule has 0 spiro atoms. The summed E-state index contributed by atoms with van der Waals surface area (Å²) in [6, 6.07) is 14.6. The minimum Gasteiger partial charge on any atom is -0.324 e. The van der Waals surface area contributed by atoms with Crippen molar-refractivity contribution in [1.29, 1.82) is 0 Å². The lowest BCUT2D eigenvalue weighted by molar-refractivity contribution is -0.117. The molecule has 4 aromatic rings. The number of anilines is 1. The van der Waals surface area contributed by atoms with E-state index in [-0.39, 0.29) is 12.5 Å². The van der Waals surface area contributed by atoms with E-state index in [2.05, 4.69) is 31.3 Å². The number of carbonyl (C=O) groups excluding carboxylic acids is 1. The van der Waals surface area contributed by atoms with Crippen molar-refractivity contribution < 1.29 is 4.79 Å². The van der Waals surface area contributed by atoms with Crippen molar-refractivity contribution in [2.75, 3.05) is 5.32 Å². The summed E-state index contributed by atoms with van der Waals surface area (Å²) in [5.41, 5.74) is 1.47. The molecule has 4 rings (SSSR count). The van der Waals surface area contributed by atoms with E-state index < -0.39 is 5.69 Å². The topological polar surface area (TPSA) is 81.3 Å². The maximum Gasteiger partial charge on any atom is 0.352 e. The molecule has 0 aliphatic heterocycles. The van der Waals surface area contributed by atoms with Gasteiger partial charge in [-0.25, -0.2) is 18.9 Å². The second-order valence-corrected chi connectivity index (χ2v) is 6.37. The third-order valence-electron chi connectivity index (χ3n) is 3.75. The number of benzene rings is 2. The first-order chi connectivity index (χ1) is 12.1. The van der Waals surface area contributed by atoms with Crippen LogP contribution in [0.4, 0.5) is 5.69 Å². The van der Waals surface area contributed by atoms with E-state index in [0.717, 1.165) is 20.1 Å². The first-order valence-electron chi connectivity index (χ1n) is 7.50. The number of hydrogen-bond acceptors (Lipinski definition) is 4. The zero-order valence-corrected chi connectivity index (χ0v) is 14.5. The van der Waals surface area contributed by atoms with Gasteiger partial charge in [0.2, 0.25) is 5.91 Å². The predicted molar refractivity (Wildman–Crippen MR) is 97.5 cm³/mol. The molecular formula is C17H12BrN5O2. The molecule has 0 fully saturated rings. The highest BCUT2D eigenvalue weighted by Crippen LogP contribution is 2.15. The van der Waals surface area contributed by atoms with Gasteiger partial charge in [0.25, 0.3) is 0 Å². The van der Waals surface area contributed by atoms with E-state index in [4.69, 9.17) is 0 Å². The maximum absolute atomic E-state index is 12.4. The molecule has 0 saturated carbocycles. The monoisotopic (exact) mass is 397 g/mol. The first kappa shape index (κ1) is 15.5. The van der Waals surface area contributed by atoms with Crippen molar-refractivity contribution in [3.63, 3.8) is 0 Å². The van der Waals surface area contributed by atoms with E-state index in [1.54, 1.807) is 12.1 Å². The van der Waals surface area contributed by atoms with Gasteiger partial charge in [0.1, 0.15) is 12.9 Å². The van der Waals surface area contributed by atoms with Gasteiger partial charge in [-0.2, -0.15) is 0 Å². The highest BCUT2D eigenvalue weighted by atomic mass is 79.9. The molecule has 2 aromatic carbocycles. The minimum absolute atomic E-state index is 0.176. The molecule has 8 heteroatoms. The number of para-hydroxylation sites is 1. The molecule has 0 saturated heterocycles. The number of nitrogens with one attached hydrogen (secondary N) is 1. The smallest absolute Gasteiger partial charge is 0.324 e. The molecule has 0 aliphatic carbocycles. The van der Waals surface area contributed by atoms with Crippen molar-refractivity contribution in [2.45, 2.75) is 6.54 Å². The van der Waals surface area contributed by atoms with E-state index in [1.807, 2.05) is 36.4 Å². The predicted octanol–water partition coefficient (Wildman–Crippen LogP) is 2.45. The van der Waals surface area contributed by atoms with Crippen LogP contribution >= 0.6 is 15.9 Å². The molecule has 2 heterocycles. The van der Waals surface area contributed by atoms with Crippen molar-refractivity contribution in [3.05, 3.63) is 69.8 Å². The largest absolute Gasteiger partial charge is 0.352 e. The standard InChI is InChI=1S/C17H12BrN5O2/c18-11-5-7-12(8-6-11)20-15(24)9-23-17(25)22-10-19-14-4-2-1-3-13(14)16(22)21-23/h1-8,10H,9H2,(H,20,24). The first-order valence-corrected chi connectivity index (χ1v) is 8.29. The van der Waals surface area contributed by atoms with Gasteiger partial charge >= 0.3 is 5.69 Å². The number of nitrogens with zero attached hydrogens (tertiary/aromatic N) is 4. The Morgan fingerprint density at radius 3 is 2.68 bits per heavy atom. The van der Waals surface area contributed by atoms with Crippen LogP contribution in [-0.4, -0.2) is 25.1 Å². The van der Waals surface area contributed by atoms with Gasteiger partial charge in [-0.15, -0.1) is 5.10 Å².